The van der Waals surface area contributed by atoms with Gasteiger partial charge >= 0.3 is 0 Å². The number of aryl methyl sites for hydroxylation is 2. The summed E-state index contributed by atoms with van der Waals surface area (Å²) in [6.07, 6.45) is 1.77. The molecule has 0 bridgehead atoms. The highest BCUT2D eigenvalue weighted by molar-refractivity contribution is 7.12. The molecule has 1 atom stereocenters. The third-order valence-electron chi connectivity index (χ3n) is 3.62. The van der Waals surface area contributed by atoms with Crippen LogP contribution < -0.4 is 5.32 Å². The van der Waals surface area contributed by atoms with Gasteiger partial charge in [0.25, 0.3) is 0 Å². The van der Waals surface area contributed by atoms with Crippen LogP contribution in [-0.2, 0) is 6.42 Å². The zero-order valence-corrected chi connectivity index (χ0v) is 14.2. The third kappa shape index (κ3) is 4.06. The summed E-state index contributed by atoms with van der Waals surface area (Å²) in [7, 11) is 0. The first-order chi connectivity index (χ1) is 10.0. The molecule has 0 radical (unpaired) electrons. The van der Waals surface area contributed by atoms with Crippen molar-refractivity contribution in [3.05, 3.63) is 56.0 Å². The highest BCUT2D eigenvalue weighted by Gasteiger charge is 2.17. The summed E-state index contributed by atoms with van der Waals surface area (Å²) >= 11 is 7.90. The maximum Gasteiger partial charge on any atom is 0.142 e. The molecular formula is C17H21ClFNS. The zero-order chi connectivity index (χ0) is 15.4. The summed E-state index contributed by atoms with van der Waals surface area (Å²) in [5.41, 5.74) is 2.16. The average Bonchev–Trinajstić information content (AvgIpc) is 2.79. The van der Waals surface area contributed by atoms with Gasteiger partial charge in [0.15, 0.2) is 0 Å². The maximum atomic E-state index is 13.6. The SMILES string of the molecule is CCCNC(Cc1cccc(F)c1Cl)c1cc(C)c(C)s1. The number of halogens is 2. The van der Waals surface area contributed by atoms with Crippen molar-refractivity contribution in [2.45, 2.75) is 39.7 Å². The van der Waals surface area contributed by atoms with Crippen LogP contribution in [0.2, 0.25) is 5.02 Å². The van der Waals surface area contributed by atoms with Crippen molar-refractivity contribution < 1.29 is 4.39 Å². The predicted octanol–water partition coefficient (Wildman–Crippen LogP) is 5.44. The number of rotatable bonds is 6. The van der Waals surface area contributed by atoms with Gasteiger partial charge in [-0.1, -0.05) is 30.7 Å². The molecule has 0 aliphatic carbocycles. The van der Waals surface area contributed by atoms with E-state index in [-0.39, 0.29) is 16.9 Å². The molecule has 21 heavy (non-hydrogen) atoms. The minimum absolute atomic E-state index is 0.182. The lowest BCUT2D eigenvalue weighted by molar-refractivity contribution is 0.534. The van der Waals surface area contributed by atoms with Crippen LogP contribution in [0, 0.1) is 19.7 Å². The zero-order valence-electron chi connectivity index (χ0n) is 12.7. The molecule has 1 nitrogen and oxygen atoms in total. The van der Waals surface area contributed by atoms with Crippen LogP contribution in [-0.4, -0.2) is 6.54 Å². The number of nitrogens with one attached hydrogen (secondary N) is 1. The first-order valence-corrected chi connectivity index (χ1v) is 8.45. The summed E-state index contributed by atoms with van der Waals surface area (Å²) in [6, 6.07) is 7.43. The average molecular weight is 326 g/mol. The van der Waals surface area contributed by atoms with Crippen molar-refractivity contribution in [1.29, 1.82) is 0 Å². The fraction of sp³-hybridized carbons (Fsp3) is 0.412. The quantitative estimate of drug-likeness (QED) is 0.745. The van der Waals surface area contributed by atoms with Crippen molar-refractivity contribution in [1.82, 2.24) is 5.32 Å². The lowest BCUT2D eigenvalue weighted by Crippen LogP contribution is -2.23. The maximum absolute atomic E-state index is 13.6. The summed E-state index contributed by atoms with van der Waals surface area (Å²) < 4.78 is 13.6. The molecule has 0 saturated carbocycles. The van der Waals surface area contributed by atoms with Gasteiger partial charge in [-0.3, -0.25) is 0 Å². The summed E-state index contributed by atoms with van der Waals surface area (Å²) in [5, 5.41) is 3.79. The molecule has 1 N–H and O–H groups in total. The van der Waals surface area contributed by atoms with Gasteiger partial charge in [-0.15, -0.1) is 11.3 Å². The Morgan fingerprint density at radius 1 is 1.33 bits per heavy atom. The van der Waals surface area contributed by atoms with Gasteiger partial charge in [0.05, 0.1) is 5.02 Å². The highest BCUT2D eigenvalue weighted by atomic mass is 35.5. The Labute approximate surface area is 135 Å². The molecule has 0 aliphatic rings. The molecule has 2 rings (SSSR count). The Morgan fingerprint density at radius 3 is 2.71 bits per heavy atom. The van der Waals surface area contributed by atoms with Crippen LogP contribution in [0.25, 0.3) is 0 Å². The fourth-order valence-corrected chi connectivity index (χ4v) is 3.61. The molecule has 0 aliphatic heterocycles. The molecule has 1 aromatic carbocycles. The van der Waals surface area contributed by atoms with E-state index in [2.05, 4.69) is 32.2 Å². The van der Waals surface area contributed by atoms with Crippen LogP contribution in [0.15, 0.2) is 24.3 Å². The largest absolute Gasteiger partial charge is 0.309 e. The van der Waals surface area contributed by atoms with E-state index >= 15 is 0 Å². The third-order valence-corrected chi connectivity index (χ3v) is 5.31. The van der Waals surface area contributed by atoms with E-state index in [1.54, 1.807) is 17.4 Å². The van der Waals surface area contributed by atoms with E-state index in [1.807, 2.05) is 6.07 Å². The van der Waals surface area contributed by atoms with Crippen molar-refractivity contribution in [3.63, 3.8) is 0 Å². The predicted molar refractivity (Wildman–Crippen MR) is 89.9 cm³/mol. The van der Waals surface area contributed by atoms with Crippen LogP contribution in [0.5, 0.6) is 0 Å². The van der Waals surface area contributed by atoms with E-state index in [1.165, 1.54) is 21.4 Å². The topological polar surface area (TPSA) is 12.0 Å². The molecule has 0 fully saturated rings. The minimum Gasteiger partial charge on any atom is -0.309 e. The number of hydrogen-bond donors (Lipinski definition) is 1. The van der Waals surface area contributed by atoms with Crippen molar-refractivity contribution in [2.24, 2.45) is 0 Å². The van der Waals surface area contributed by atoms with Gasteiger partial charge in [-0.2, -0.15) is 0 Å². The first-order valence-electron chi connectivity index (χ1n) is 7.26. The Balaban J connectivity index is 2.26. The van der Waals surface area contributed by atoms with Gasteiger partial charge in [0.1, 0.15) is 5.82 Å². The van der Waals surface area contributed by atoms with E-state index in [0.29, 0.717) is 6.42 Å². The van der Waals surface area contributed by atoms with Gasteiger partial charge in [-0.05, 0) is 56.5 Å². The Hall–Kier alpha value is -0.900. The van der Waals surface area contributed by atoms with Crippen molar-refractivity contribution in [2.75, 3.05) is 6.54 Å². The van der Waals surface area contributed by atoms with Gasteiger partial charge < -0.3 is 5.32 Å². The van der Waals surface area contributed by atoms with E-state index in [4.69, 9.17) is 11.6 Å². The molecular weight excluding hydrogens is 305 g/mol. The van der Waals surface area contributed by atoms with E-state index in [9.17, 15) is 4.39 Å². The lowest BCUT2D eigenvalue weighted by Gasteiger charge is -2.18. The Bertz CT molecular complexity index is 589. The Kier molecular flexibility index (Phi) is 5.80. The molecule has 1 aromatic heterocycles. The van der Waals surface area contributed by atoms with Gasteiger partial charge in [-0.25, -0.2) is 4.39 Å². The van der Waals surface area contributed by atoms with E-state index in [0.717, 1.165) is 18.5 Å². The van der Waals surface area contributed by atoms with Gasteiger partial charge in [0.2, 0.25) is 0 Å². The smallest absolute Gasteiger partial charge is 0.142 e. The molecule has 4 heteroatoms. The summed E-state index contributed by atoms with van der Waals surface area (Å²) in [4.78, 5) is 2.62. The second-order valence-electron chi connectivity index (χ2n) is 5.31. The molecule has 0 amide bonds. The van der Waals surface area contributed by atoms with Crippen molar-refractivity contribution >= 4 is 22.9 Å². The minimum atomic E-state index is -0.345. The summed E-state index contributed by atoms with van der Waals surface area (Å²) in [5.74, 6) is -0.345. The van der Waals surface area contributed by atoms with Crippen LogP contribution >= 0.6 is 22.9 Å². The monoisotopic (exact) mass is 325 g/mol. The molecule has 0 spiro atoms. The molecule has 0 saturated heterocycles. The molecule has 1 unspecified atom stereocenters. The van der Waals surface area contributed by atoms with E-state index < -0.39 is 0 Å². The fourth-order valence-electron chi connectivity index (χ4n) is 2.29. The lowest BCUT2D eigenvalue weighted by atomic mass is 10.0. The standard InChI is InChI=1S/C17H21ClFNS/c1-4-8-20-15(16-9-11(2)12(3)21-16)10-13-6-5-7-14(19)17(13)18/h5-7,9,15,20H,4,8,10H2,1-3H3. The second-order valence-corrected chi connectivity index (χ2v) is 6.98. The second kappa shape index (κ2) is 7.39. The normalized spacial score (nSPS) is 12.6. The number of thiophene rings is 1. The van der Waals surface area contributed by atoms with Crippen molar-refractivity contribution in [3.8, 4) is 0 Å². The van der Waals surface area contributed by atoms with Crippen LogP contribution in [0.4, 0.5) is 4.39 Å². The first kappa shape index (κ1) is 16.5. The molecule has 114 valence electrons. The Morgan fingerprint density at radius 2 is 2.10 bits per heavy atom. The number of benzene rings is 1. The van der Waals surface area contributed by atoms with Gasteiger partial charge in [0, 0.05) is 15.8 Å². The highest BCUT2D eigenvalue weighted by Crippen LogP contribution is 2.31. The summed E-state index contributed by atoms with van der Waals surface area (Å²) in [6.45, 7) is 7.34. The molecule has 2 aromatic rings. The molecule has 1 heterocycles. The van der Waals surface area contributed by atoms with Crippen LogP contribution in [0.1, 0.15) is 40.3 Å². The van der Waals surface area contributed by atoms with Crippen LogP contribution in [0.3, 0.4) is 0 Å². The number of hydrogen-bond acceptors (Lipinski definition) is 2.